The van der Waals surface area contributed by atoms with E-state index in [1.807, 2.05) is 0 Å². The van der Waals surface area contributed by atoms with Crippen LogP contribution in [-0.4, -0.2) is 64.1 Å². The molecule has 12 heteroatoms. The van der Waals surface area contributed by atoms with Gasteiger partial charge in [-0.2, -0.15) is 0 Å². The van der Waals surface area contributed by atoms with E-state index < -0.39 is 33.8 Å². The molecule has 1 radical (unpaired) electrons. The van der Waals surface area contributed by atoms with Crippen molar-refractivity contribution in [3.05, 3.63) is 29.8 Å². The predicted molar refractivity (Wildman–Crippen MR) is 71.0 cm³/mol. The summed E-state index contributed by atoms with van der Waals surface area (Å²) >= 11 is 0. The number of carbonyl (C=O) groups excluding carboxylic acids is 2. The van der Waals surface area contributed by atoms with E-state index in [1.54, 1.807) is 0 Å². The van der Waals surface area contributed by atoms with Crippen LogP contribution in [-0.2, 0) is 33.2 Å². The normalized spacial score (nSPS) is 10.1. The molecule has 0 saturated carbocycles. The molecule has 0 atom stereocenters. The fraction of sp³-hybridized carbons (Fsp3) is 0.273. The number of carbonyl (C=O) groups is 2. The molecule has 0 aromatic heterocycles. The van der Waals surface area contributed by atoms with Crippen molar-refractivity contribution in [2.45, 2.75) is 6.54 Å². The van der Waals surface area contributed by atoms with Crippen molar-refractivity contribution in [2.75, 3.05) is 13.1 Å². The minimum absolute atomic E-state index is 0. The van der Waals surface area contributed by atoms with Crippen molar-refractivity contribution in [3.8, 4) is 0 Å². The Bertz CT molecular complexity index is 475. The summed E-state index contributed by atoms with van der Waals surface area (Å²) in [4.78, 5) is 49.3. The Morgan fingerprint density at radius 2 is 1.35 bits per heavy atom. The van der Waals surface area contributed by atoms with Crippen molar-refractivity contribution in [1.82, 2.24) is 4.90 Å². The average molecular weight is 399 g/mol. The molecule has 135 valence electrons. The van der Waals surface area contributed by atoms with Gasteiger partial charge < -0.3 is 45.1 Å². The van der Waals surface area contributed by atoms with E-state index in [9.17, 15) is 19.8 Å². The number of hydrogen-bond donors (Lipinski definition) is 3. The zero-order chi connectivity index (χ0) is 15.3. The van der Waals surface area contributed by atoms with Gasteiger partial charge in [0.1, 0.15) is 0 Å². The molecule has 1 rings (SSSR count). The zero-order valence-electron chi connectivity index (χ0n) is 11.7. The summed E-state index contributed by atoms with van der Waals surface area (Å²) in [6.45, 7) is -1.15. The van der Waals surface area contributed by atoms with Gasteiger partial charge in [-0.25, -0.2) is 0 Å². The van der Waals surface area contributed by atoms with Gasteiger partial charge in [0.05, 0.1) is 11.9 Å². The minimum Gasteiger partial charge on any atom is -0.549 e. The maximum Gasteiger partial charge on any atom is 2.00 e. The summed E-state index contributed by atoms with van der Waals surface area (Å²) in [5, 5.41) is 21.0. The summed E-state index contributed by atoms with van der Waals surface area (Å²) < 4.78 is 0. The van der Waals surface area contributed by atoms with Crippen LogP contribution in [0.25, 0.3) is 0 Å². The van der Waals surface area contributed by atoms with Gasteiger partial charge in [0.25, 0.3) is 0 Å². The molecular weight excluding hydrogens is 382 g/mol. The Morgan fingerprint density at radius 3 is 1.65 bits per heavy atom. The van der Waals surface area contributed by atoms with E-state index in [-0.39, 0.29) is 39.8 Å². The summed E-state index contributed by atoms with van der Waals surface area (Å²) in [6.07, 6.45) is 0. The molecule has 0 aliphatic heterocycles. The molecule has 0 aliphatic carbocycles. The van der Waals surface area contributed by atoms with E-state index in [2.05, 4.69) is 0 Å². The number of nitrogens with zero attached hydrogens (tertiary/aromatic N) is 1. The number of carboxylic acid groups (broad SMARTS) is 2. The molecule has 0 spiro atoms. The van der Waals surface area contributed by atoms with Gasteiger partial charge >= 0.3 is 25.9 Å². The second kappa shape index (κ2) is 11.2. The smallest absolute Gasteiger partial charge is 0.549 e. The molecule has 1 aromatic rings. The number of benzene rings is 1. The zero-order valence-corrected chi connectivity index (χ0v) is 13.6. The minimum atomic E-state index is -4.37. The van der Waals surface area contributed by atoms with Crippen LogP contribution in [0.15, 0.2) is 24.3 Å². The largest absolute Gasteiger partial charge is 2.00 e. The van der Waals surface area contributed by atoms with Crippen molar-refractivity contribution in [1.29, 1.82) is 0 Å². The maximum atomic E-state index is 10.5. The van der Waals surface area contributed by atoms with Gasteiger partial charge in [0.2, 0.25) is 0 Å². The fourth-order valence-corrected chi connectivity index (χ4v) is 2.24. The summed E-state index contributed by atoms with van der Waals surface area (Å²) in [5.74, 6) is -2.84. The third-order valence-corrected chi connectivity index (χ3v) is 3.56. The molecule has 0 bridgehead atoms. The van der Waals surface area contributed by atoms with Crippen LogP contribution in [0.1, 0.15) is 5.56 Å². The maximum absolute atomic E-state index is 10.5. The first-order valence-electron chi connectivity index (χ1n) is 5.57. The standard InChI is InChI=1S/C11H15NO7Si.Cu.2H2O/c13-10(14)6-12(7-11(15)16)5-8-1-3-9(4-2-8)20(17,18)19;;;/h1-4,17-19H,5-7H2,(H,13,14)(H,15,16);;2*1H2/q;+2;;/p-2. The van der Waals surface area contributed by atoms with Gasteiger partial charge in [-0.15, -0.1) is 0 Å². The van der Waals surface area contributed by atoms with Gasteiger partial charge in [-0.1, -0.05) is 24.3 Å². The third-order valence-electron chi connectivity index (χ3n) is 2.45. The molecular formula is C11H17CuNO9Si. The second-order valence-corrected chi connectivity index (χ2v) is 6.07. The molecule has 0 aliphatic rings. The summed E-state index contributed by atoms with van der Waals surface area (Å²) in [6, 6.07) is 5.41. The SMILES string of the molecule is O.O.O=C([O-])CN(CC(=O)[O-])Cc1ccc([Si](O)(O)O)cc1.[Cu+2]. The van der Waals surface area contributed by atoms with Crippen LogP contribution < -0.4 is 15.4 Å². The Balaban J connectivity index is -0.00000133. The first kappa shape index (κ1) is 26.5. The quantitative estimate of drug-likeness (QED) is 0.375. The van der Waals surface area contributed by atoms with Crippen LogP contribution in [0, 0.1) is 0 Å². The van der Waals surface area contributed by atoms with Gasteiger partial charge in [0, 0.05) is 24.8 Å². The molecule has 0 saturated heterocycles. The molecule has 0 amide bonds. The van der Waals surface area contributed by atoms with Crippen LogP contribution in [0.3, 0.4) is 0 Å². The Morgan fingerprint density at radius 1 is 0.957 bits per heavy atom. The van der Waals surface area contributed by atoms with Crippen molar-refractivity contribution in [3.63, 3.8) is 0 Å². The van der Waals surface area contributed by atoms with E-state index >= 15 is 0 Å². The van der Waals surface area contributed by atoms with Crippen LogP contribution >= 0.6 is 0 Å². The fourth-order valence-electron chi connectivity index (χ4n) is 1.62. The average Bonchev–Trinajstić information content (AvgIpc) is 2.26. The Kier molecular flexibility index (Phi) is 13.0. The number of rotatable bonds is 7. The number of carboxylic acids is 2. The molecule has 0 unspecified atom stereocenters. The van der Waals surface area contributed by atoms with Gasteiger partial charge in [0.15, 0.2) is 0 Å². The van der Waals surface area contributed by atoms with E-state index in [0.29, 0.717) is 5.56 Å². The van der Waals surface area contributed by atoms with E-state index in [4.69, 9.17) is 14.4 Å². The number of aliphatic carboxylic acids is 2. The second-order valence-electron chi connectivity index (χ2n) is 4.22. The van der Waals surface area contributed by atoms with Gasteiger partial charge in [-0.05, 0) is 5.56 Å². The monoisotopic (exact) mass is 398 g/mol. The molecule has 1 aromatic carbocycles. The van der Waals surface area contributed by atoms with E-state index in [0.717, 1.165) is 4.90 Å². The summed E-state index contributed by atoms with van der Waals surface area (Å²) in [5.41, 5.74) is 0.537. The third kappa shape index (κ3) is 10.1. The first-order valence-corrected chi connectivity index (χ1v) is 7.41. The number of hydrogen-bond acceptors (Lipinski definition) is 8. The van der Waals surface area contributed by atoms with Crippen molar-refractivity contribution < 1.29 is 62.2 Å². The predicted octanol–water partition coefficient (Wildman–Crippen LogP) is -6.54. The Labute approximate surface area is 143 Å². The van der Waals surface area contributed by atoms with Crippen LogP contribution in [0.4, 0.5) is 0 Å². The molecule has 7 N–H and O–H groups in total. The van der Waals surface area contributed by atoms with E-state index in [1.165, 1.54) is 24.3 Å². The molecule has 10 nitrogen and oxygen atoms in total. The van der Waals surface area contributed by atoms with Crippen LogP contribution in [0.5, 0.6) is 0 Å². The Hall–Kier alpha value is -1.34. The van der Waals surface area contributed by atoms with Gasteiger partial charge in [-0.3, -0.25) is 4.90 Å². The van der Waals surface area contributed by atoms with Crippen LogP contribution in [0.2, 0.25) is 0 Å². The van der Waals surface area contributed by atoms with Crippen molar-refractivity contribution in [2.24, 2.45) is 0 Å². The topological polar surface area (TPSA) is 207 Å². The molecule has 23 heavy (non-hydrogen) atoms. The van der Waals surface area contributed by atoms with Crippen molar-refractivity contribution >= 4 is 25.9 Å². The molecule has 0 heterocycles. The summed E-state index contributed by atoms with van der Waals surface area (Å²) in [7, 11) is -4.37. The molecule has 0 fully saturated rings. The first-order chi connectivity index (χ1) is 9.18.